The molecule has 3 nitrogen and oxygen atoms in total. The van der Waals surface area contributed by atoms with E-state index < -0.39 is 0 Å². The van der Waals surface area contributed by atoms with Crippen molar-refractivity contribution in [2.75, 3.05) is 14.2 Å². The molecule has 0 aliphatic heterocycles. The highest BCUT2D eigenvalue weighted by Crippen LogP contribution is 2.37. The van der Waals surface area contributed by atoms with E-state index in [-0.39, 0.29) is 5.41 Å². The second kappa shape index (κ2) is 5.77. The van der Waals surface area contributed by atoms with Gasteiger partial charge in [0, 0.05) is 0 Å². The normalized spacial score (nSPS) is 10.9. The van der Waals surface area contributed by atoms with Crippen molar-refractivity contribution in [3.8, 4) is 17.6 Å². The molecule has 0 saturated carbocycles. The van der Waals surface area contributed by atoms with E-state index in [9.17, 15) is 0 Å². The molecule has 3 heteroatoms. The van der Waals surface area contributed by atoms with Crippen LogP contribution in [0.15, 0.2) is 12.1 Å². The van der Waals surface area contributed by atoms with Crippen LogP contribution >= 0.6 is 0 Å². The van der Waals surface area contributed by atoms with Crippen molar-refractivity contribution in [3.63, 3.8) is 0 Å². The van der Waals surface area contributed by atoms with Gasteiger partial charge in [-0.15, -0.1) is 0 Å². The van der Waals surface area contributed by atoms with E-state index in [1.54, 1.807) is 14.2 Å². The first-order valence-electron chi connectivity index (χ1n) is 6.16. The fourth-order valence-corrected chi connectivity index (χ4v) is 2.18. The van der Waals surface area contributed by atoms with Crippen molar-refractivity contribution in [2.24, 2.45) is 0 Å². The van der Waals surface area contributed by atoms with Gasteiger partial charge in [0.15, 0.2) is 0 Å². The van der Waals surface area contributed by atoms with Crippen molar-refractivity contribution in [3.05, 3.63) is 23.3 Å². The summed E-state index contributed by atoms with van der Waals surface area (Å²) in [7, 11) is 3.15. The lowest BCUT2D eigenvalue weighted by Crippen LogP contribution is -2.17. The van der Waals surface area contributed by atoms with Crippen molar-refractivity contribution >= 4 is 0 Å². The summed E-state index contributed by atoms with van der Waals surface area (Å²) in [6.07, 6.45) is 2.18. The summed E-state index contributed by atoms with van der Waals surface area (Å²) in [5.41, 5.74) is 1.64. The van der Waals surface area contributed by atoms with Crippen molar-refractivity contribution in [1.82, 2.24) is 0 Å². The molecule has 0 radical (unpaired) electrons. The summed E-state index contributed by atoms with van der Waals surface area (Å²) in [5, 5.41) is 9.15. The summed E-state index contributed by atoms with van der Waals surface area (Å²) in [6.45, 7) is 6.55. The molecule has 0 aliphatic carbocycles. The summed E-state index contributed by atoms with van der Waals surface area (Å²) >= 11 is 0. The smallest absolute Gasteiger partial charge is 0.140 e. The third-order valence-corrected chi connectivity index (χ3v) is 3.27. The number of nitriles is 1. The number of hydrogen-bond acceptors (Lipinski definition) is 3. The van der Waals surface area contributed by atoms with E-state index in [2.05, 4.69) is 26.8 Å². The highest BCUT2D eigenvalue weighted by Gasteiger charge is 2.23. The van der Waals surface area contributed by atoms with Gasteiger partial charge in [-0.05, 0) is 29.5 Å². The number of nitrogens with zero attached hydrogens (tertiary/aromatic N) is 1. The Bertz CT molecular complexity index is 433. The number of methoxy groups -OCH3 is 2. The molecule has 0 bridgehead atoms. The minimum absolute atomic E-state index is 0.0449. The van der Waals surface area contributed by atoms with Crippen LogP contribution in [0.1, 0.15) is 44.7 Å². The summed E-state index contributed by atoms with van der Waals surface area (Å²) in [5.74, 6) is 1.16. The second-order valence-electron chi connectivity index (χ2n) is 5.00. The Morgan fingerprint density at radius 3 is 2.00 bits per heavy atom. The Morgan fingerprint density at radius 2 is 1.67 bits per heavy atom. The molecule has 1 rings (SSSR count). The van der Waals surface area contributed by atoms with Crippen molar-refractivity contribution in [1.29, 1.82) is 5.26 Å². The molecule has 0 unspecified atom stereocenters. The van der Waals surface area contributed by atoms with Crippen molar-refractivity contribution < 1.29 is 9.47 Å². The Labute approximate surface area is 109 Å². The number of ether oxygens (including phenoxy) is 2. The predicted octanol–water partition coefficient (Wildman–Crippen LogP) is 3.65. The average molecular weight is 247 g/mol. The topological polar surface area (TPSA) is 42.2 Å². The van der Waals surface area contributed by atoms with Crippen LogP contribution in [0.3, 0.4) is 0 Å². The Hall–Kier alpha value is -1.69. The van der Waals surface area contributed by atoms with Gasteiger partial charge in [-0.1, -0.05) is 27.2 Å². The average Bonchev–Trinajstić information content (AvgIpc) is 2.36. The first-order chi connectivity index (χ1) is 8.50. The molecule has 0 spiro atoms. The maximum atomic E-state index is 9.15. The molecule has 1 aromatic carbocycles. The molecule has 1 aromatic rings. The zero-order valence-corrected chi connectivity index (χ0v) is 11.8. The molecule has 0 aromatic heterocycles. The zero-order valence-electron chi connectivity index (χ0n) is 11.8. The van der Waals surface area contributed by atoms with Gasteiger partial charge in [0.25, 0.3) is 0 Å². The predicted molar refractivity (Wildman–Crippen MR) is 72.2 cm³/mol. The first-order valence-corrected chi connectivity index (χ1v) is 6.16. The van der Waals surface area contributed by atoms with E-state index >= 15 is 0 Å². The monoisotopic (exact) mass is 247 g/mol. The molecule has 0 fully saturated rings. The minimum Gasteiger partial charge on any atom is -0.495 e. The SMILES string of the molecule is CCCC(C)(C)c1cc(OC)c(C#N)c(OC)c1. The molecular formula is C15H21NO2. The van der Waals surface area contributed by atoms with Gasteiger partial charge >= 0.3 is 0 Å². The third kappa shape index (κ3) is 2.76. The molecule has 98 valence electrons. The highest BCUT2D eigenvalue weighted by molar-refractivity contribution is 5.56. The maximum absolute atomic E-state index is 9.15. The largest absolute Gasteiger partial charge is 0.495 e. The van der Waals surface area contributed by atoms with Gasteiger partial charge in [-0.25, -0.2) is 0 Å². The van der Waals surface area contributed by atoms with Crippen molar-refractivity contribution in [2.45, 2.75) is 39.0 Å². The van der Waals surface area contributed by atoms with Crippen LogP contribution in [0.25, 0.3) is 0 Å². The van der Waals surface area contributed by atoms with Gasteiger partial charge < -0.3 is 9.47 Å². The number of benzene rings is 1. The van der Waals surface area contributed by atoms with Gasteiger partial charge in [0.05, 0.1) is 14.2 Å². The lowest BCUT2D eigenvalue weighted by atomic mass is 9.80. The molecule has 0 saturated heterocycles. The molecular weight excluding hydrogens is 226 g/mol. The van der Waals surface area contributed by atoms with Crippen LogP contribution in [0.2, 0.25) is 0 Å². The van der Waals surface area contributed by atoms with E-state index in [1.165, 1.54) is 0 Å². The van der Waals surface area contributed by atoms with Crippen LogP contribution in [0, 0.1) is 11.3 Å². The van der Waals surface area contributed by atoms with Crippen LogP contribution in [-0.2, 0) is 5.41 Å². The molecule has 0 atom stereocenters. The maximum Gasteiger partial charge on any atom is 0.140 e. The third-order valence-electron chi connectivity index (χ3n) is 3.27. The Balaban J connectivity index is 3.37. The molecule has 18 heavy (non-hydrogen) atoms. The fourth-order valence-electron chi connectivity index (χ4n) is 2.18. The molecule has 0 heterocycles. The Kier molecular flexibility index (Phi) is 4.61. The van der Waals surface area contributed by atoms with E-state index in [4.69, 9.17) is 14.7 Å². The van der Waals surface area contributed by atoms with Crippen LogP contribution in [0.5, 0.6) is 11.5 Å². The summed E-state index contributed by atoms with van der Waals surface area (Å²) in [4.78, 5) is 0. The van der Waals surface area contributed by atoms with Gasteiger partial charge in [-0.2, -0.15) is 5.26 Å². The lowest BCUT2D eigenvalue weighted by molar-refractivity contribution is 0.385. The molecule has 0 N–H and O–H groups in total. The minimum atomic E-state index is 0.0449. The van der Waals surface area contributed by atoms with E-state index in [1.807, 2.05) is 12.1 Å². The van der Waals surface area contributed by atoms with Crippen LogP contribution in [0.4, 0.5) is 0 Å². The quantitative estimate of drug-likeness (QED) is 0.797. The van der Waals surface area contributed by atoms with E-state index in [0.717, 1.165) is 18.4 Å². The summed E-state index contributed by atoms with van der Waals surface area (Å²) in [6, 6.07) is 6.01. The van der Waals surface area contributed by atoms with Crippen LogP contribution in [-0.4, -0.2) is 14.2 Å². The second-order valence-corrected chi connectivity index (χ2v) is 5.00. The zero-order chi connectivity index (χ0) is 13.8. The number of hydrogen-bond donors (Lipinski definition) is 0. The van der Waals surface area contributed by atoms with Gasteiger partial charge in [-0.3, -0.25) is 0 Å². The standard InChI is InChI=1S/C15H21NO2/c1-6-7-15(2,3)11-8-13(17-4)12(10-16)14(9-11)18-5/h8-9H,6-7H2,1-5H3. The lowest BCUT2D eigenvalue weighted by Gasteiger charge is -2.26. The van der Waals surface area contributed by atoms with E-state index in [0.29, 0.717) is 17.1 Å². The van der Waals surface area contributed by atoms with Gasteiger partial charge in [0.1, 0.15) is 23.1 Å². The van der Waals surface area contributed by atoms with Gasteiger partial charge in [0.2, 0.25) is 0 Å². The highest BCUT2D eigenvalue weighted by atomic mass is 16.5. The van der Waals surface area contributed by atoms with Crippen LogP contribution < -0.4 is 9.47 Å². The first kappa shape index (κ1) is 14.4. The molecule has 0 aliphatic rings. The fraction of sp³-hybridized carbons (Fsp3) is 0.533. The Morgan fingerprint density at radius 1 is 1.17 bits per heavy atom. The molecule has 0 amide bonds. The number of rotatable bonds is 5. The summed E-state index contributed by atoms with van der Waals surface area (Å²) < 4.78 is 10.6.